The second-order valence-corrected chi connectivity index (χ2v) is 11.0. The molecule has 0 saturated heterocycles. The quantitative estimate of drug-likeness (QED) is 0.160. The van der Waals surface area contributed by atoms with Crippen LogP contribution in [0.4, 0.5) is 16.3 Å². The van der Waals surface area contributed by atoms with E-state index in [4.69, 9.17) is 42.4 Å². The Kier molecular flexibility index (Phi) is 8.11. The molecule has 0 fully saturated rings. The fourth-order valence-electron chi connectivity index (χ4n) is 4.15. The van der Waals surface area contributed by atoms with E-state index in [0.29, 0.717) is 57.1 Å². The van der Waals surface area contributed by atoms with Crippen molar-refractivity contribution in [2.24, 2.45) is 0 Å². The molecule has 0 spiro atoms. The predicted molar refractivity (Wildman–Crippen MR) is 165 cm³/mol. The first-order valence-corrected chi connectivity index (χ1v) is 13.6. The molecule has 3 heterocycles. The van der Waals surface area contributed by atoms with Gasteiger partial charge in [0, 0.05) is 34.3 Å². The first-order valence-electron chi connectivity index (χ1n) is 12.9. The summed E-state index contributed by atoms with van der Waals surface area (Å²) in [6.45, 7) is 6.02. The molecule has 0 radical (unpaired) electrons. The van der Waals surface area contributed by atoms with Gasteiger partial charge in [-0.1, -0.05) is 44.0 Å². The van der Waals surface area contributed by atoms with Gasteiger partial charge < -0.3 is 24.5 Å². The average molecular weight is 607 g/mol. The van der Waals surface area contributed by atoms with Crippen molar-refractivity contribution >= 4 is 51.6 Å². The summed E-state index contributed by atoms with van der Waals surface area (Å²) in [6, 6.07) is 15.2. The number of methoxy groups -OCH3 is 2. The standard InChI is InChI=1S/C30H28Cl2N6O4/c1-30(2,3)28-36-25(18-10-11-24(31)35-26(18)32)27(37-28)38-29(39)34-16-6-8-17(9-7-16)42-21-12-13-33-20-15-23(41-5)22(40-4)14-19(20)21/h6-15H,1-5H3,(H,36,37)(H2,34,38,39). The number of rotatable bonds is 7. The Bertz CT molecular complexity index is 1770. The summed E-state index contributed by atoms with van der Waals surface area (Å²) in [5, 5.41) is 6.86. The first kappa shape index (κ1) is 29.0. The van der Waals surface area contributed by atoms with Crippen LogP contribution in [-0.4, -0.2) is 40.2 Å². The van der Waals surface area contributed by atoms with Gasteiger partial charge in [-0.3, -0.25) is 10.3 Å². The number of hydrogen-bond acceptors (Lipinski definition) is 7. The van der Waals surface area contributed by atoms with Gasteiger partial charge in [-0.15, -0.1) is 0 Å². The number of carbonyl (C=O) groups excluding carboxylic acids is 1. The van der Waals surface area contributed by atoms with Crippen molar-refractivity contribution in [3.8, 4) is 34.3 Å². The number of aromatic nitrogens is 4. The maximum absolute atomic E-state index is 13.0. The van der Waals surface area contributed by atoms with Crippen LogP contribution in [0.15, 0.2) is 60.8 Å². The zero-order valence-electron chi connectivity index (χ0n) is 23.5. The van der Waals surface area contributed by atoms with Gasteiger partial charge in [-0.2, -0.15) is 0 Å². The molecule has 0 aliphatic heterocycles. The van der Waals surface area contributed by atoms with Crippen molar-refractivity contribution in [3.05, 3.63) is 76.9 Å². The number of halogens is 2. The molecule has 3 N–H and O–H groups in total. The van der Waals surface area contributed by atoms with Crippen LogP contribution in [0, 0.1) is 0 Å². The highest BCUT2D eigenvalue weighted by atomic mass is 35.5. The molecule has 0 unspecified atom stereocenters. The number of urea groups is 1. The molecular formula is C30H28Cl2N6O4. The lowest BCUT2D eigenvalue weighted by Gasteiger charge is -2.14. The number of hydrogen-bond donors (Lipinski definition) is 3. The maximum atomic E-state index is 13.0. The predicted octanol–water partition coefficient (Wildman–Crippen LogP) is 8.08. The third kappa shape index (κ3) is 6.19. The average Bonchev–Trinajstić information content (AvgIpc) is 3.37. The normalized spacial score (nSPS) is 11.3. The number of ether oxygens (including phenoxy) is 3. The van der Waals surface area contributed by atoms with Gasteiger partial charge in [-0.25, -0.2) is 14.8 Å². The Morgan fingerprint density at radius 1 is 0.881 bits per heavy atom. The van der Waals surface area contributed by atoms with Gasteiger partial charge in [0.2, 0.25) is 0 Å². The minimum Gasteiger partial charge on any atom is -0.493 e. The second kappa shape index (κ2) is 11.8. The van der Waals surface area contributed by atoms with E-state index in [2.05, 4.69) is 25.6 Å². The molecule has 42 heavy (non-hydrogen) atoms. The molecular weight excluding hydrogens is 579 g/mol. The summed E-state index contributed by atoms with van der Waals surface area (Å²) < 4.78 is 16.9. The number of H-pyrrole nitrogens is 1. The number of anilines is 2. The summed E-state index contributed by atoms with van der Waals surface area (Å²) in [5.74, 6) is 3.35. The van der Waals surface area contributed by atoms with E-state index in [9.17, 15) is 4.79 Å². The number of carbonyl (C=O) groups is 1. The Morgan fingerprint density at radius 2 is 1.60 bits per heavy atom. The highest BCUT2D eigenvalue weighted by Gasteiger charge is 2.24. The molecule has 0 atom stereocenters. The van der Waals surface area contributed by atoms with Gasteiger partial charge in [0.25, 0.3) is 0 Å². The molecule has 3 aromatic heterocycles. The number of amides is 2. The number of aromatic amines is 1. The molecule has 0 aliphatic rings. The van der Waals surface area contributed by atoms with Crippen LogP contribution < -0.4 is 24.8 Å². The van der Waals surface area contributed by atoms with Crippen LogP contribution in [0.25, 0.3) is 22.2 Å². The zero-order valence-corrected chi connectivity index (χ0v) is 25.0. The number of fused-ring (bicyclic) bond motifs is 1. The fourth-order valence-corrected chi connectivity index (χ4v) is 4.58. The SMILES string of the molecule is COc1cc2nccc(Oc3ccc(NC(=O)Nc4[nH]c(C(C)(C)C)nc4-c4ccc(Cl)nc4Cl)cc3)c2cc1OC. The molecule has 10 nitrogen and oxygen atoms in total. The third-order valence-electron chi connectivity index (χ3n) is 6.27. The summed E-state index contributed by atoms with van der Waals surface area (Å²) in [4.78, 5) is 29.4. The lowest BCUT2D eigenvalue weighted by molar-refractivity contribution is 0.262. The summed E-state index contributed by atoms with van der Waals surface area (Å²) in [6.07, 6.45) is 1.66. The van der Waals surface area contributed by atoms with E-state index >= 15 is 0 Å². The minimum absolute atomic E-state index is 0.174. The molecule has 5 rings (SSSR count). The van der Waals surface area contributed by atoms with E-state index in [1.807, 2.05) is 26.8 Å². The molecule has 0 aliphatic carbocycles. The van der Waals surface area contributed by atoms with Crippen LogP contribution in [-0.2, 0) is 5.41 Å². The largest absolute Gasteiger partial charge is 0.493 e. The Morgan fingerprint density at radius 3 is 2.26 bits per heavy atom. The lowest BCUT2D eigenvalue weighted by Crippen LogP contribution is -2.20. The summed E-state index contributed by atoms with van der Waals surface area (Å²) >= 11 is 12.3. The molecule has 0 saturated carbocycles. The van der Waals surface area contributed by atoms with Crippen molar-refractivity contribution in [3.63, 3.8) is 0 Å². The van der Waals surface area contributed by atoms with Crippen molar-refractivity contribution in [1.82, 2.24) is 19.9 Å². The number of nitrogens with zero attached hydrogens (tertiary/aromatic N) is 3. The summed E-state index contributed by atoms with van der Waals surface area (Å²) in [5.41, 5.74) is 1.92. The van der Waals surface area contributed by atoms with Gasteiger partial charge in [0.05, 0.1) is 19.7 Å². The van der Waals surface area contributed by atoms with Crippen molar-refractivity contribution in [2.45, 2.75) is 26.2 Å². The van der Waals surface area contributed by atoms with E-state index < -0.39 is 6.03 Å². The number of benzene rings is 2. The van der Waals surface area contributed by atoms with Crippen molar-refractivity contribution < 1.29 is 19.0 Å². The van der Waals surface area contributed by atoms with Crippen LogP contribution in [0.3, 0.4) is 0 Å². The smallest absolute Gasteiger partial charge is 0.324 e. The molecule has 5 aromatic rings. The van der Waals surface area contributed by atoms with E-state index in [-0.39, 0.29) is 15.7 Å². The van der Waals surface area contributed by atoms with Crippen LogP contribution in [0.2, 0.25) is 10.3 Å². The monoisotopic (exact) mass is 606 g/mol. The molecule has 2 aromatic carbocycles. The third-order valence-corrected chi connectivity index (χ3v) is 6.77. The number of imidazole rings is 1. The Balaban J connectivity index is 1.33. The molecule has 2 amide bonds. The minimum atomic E-state index is -0.478. The number of nitrogens with one attached hydrogen (secondary N) is 3. The summed E-state index contributed by atoms with van der Waals surface area (Å²) in [7, 11) is 3.15. The molecule has 216 valence electrons. The highest BCUT2D eigenvalue weighted by molar-refractivity contribution is 6.34. The van der Waals surface area contributed by atoms with E-state index in [1.165, 1.54) is 0 Å². The van der Waals surface area contributed by atoms with Crippen LogP contribution in [0.1, 0.15) is 26.6 Å². The van der Waals surface area contributed by atoms with Gasteiger partial charge in [0.1, 0.15) is 39.1 Å². The van der Waals surface area contributed by atoms with Crippen molar-refractivity contribution in [1.29, 1.82) is 0 Å². The fraction of sp³-hybridized carbons (Fsp3) is 0.200. The van der Waals surface area contributed by atoms with Crippen LogP contribution >= 0.6 is 23.2 Å². The highest BCUT2D eigenvalue weighted by Crippen LogP contribution is 2.37. The molecule has 12 heteroatoms. The Labute approximate surface area is 252 Å². The van der Waals surface area contributed by atoms with Gasteiger partial charge >= 0.3 is 6.03 Å². The first-order chi connectivity index (χ1) is 20.0. The maximum Gasteiger partial charge on any atom is 0.324 e. The van der Waals surface area contributed by atoms with E-state index in [0.717, 1.165) is 5.39 Å². The second-order valence-electron chi connectivity index (χ2n) is 10.3. The van der Waals surface area contributed by atoms with Crippen molar-refractivity contribution in [2.75, 3.05) is 24.9 Å². The van der Waals surface area contributed by atoms with Gasteiger partial charge in [-0.05, 0) is 48.5 Å². The number of pyridine rings is 2. The topological polar surface area (TPSA) is 123 Å². The molecule has 0 bridgehead atoms. The van der Waals surface area contributed by atoms with E-state index in [1.54, 1.807) is 68.9 Å². The van der Waals surface area contributed by atoms with Crippen LogP contribution in [0.5, 0.6) is 23.0 Å². The van der Waals surface area contributed by atoms with Gasteiger partial charge in [0.15, 0.2) is 11.5 Å². The Hall–Kier alpha value is -4.54. The lowest BCUT2D eigenvalue weighted by atomic mass is 9.96. The zero-order chi connectivity index (χ0) is 30.0.